The molecule has 7 nitrogen and oxygen atoms in total. The van der Waals surface area contributed by atoms with Crippen LogP contribution in [0.3, 0.4) is 0 Å². The third-order valence-electron chi connectivity index (χ3n) is 6.29. The van der Waals surface area contributed by atoms with Crippen molar-refractivity contribution in [3.63, 3.8) is 0 Å². The standard InChI is InChI=1S/C27H24N4O3/c1-18(19-5-3-2-4-6-19)34-26(33)28-25-24(29-31-30-25)22-9-7-20(8-10-22)21-11-13-23(14-12-21)27(17-32)15-16-27/h2-14,17-18H,15-16H2,1H3,(H2,28,29,30,31,33)/t18-/m1/s1. The van der Waals surface area contributed by atoms with Gasteiger partial charge in [-0.1, -0.05) is 78.9 Å². The second-order valence-electron chi connectivity index (χ2n) is 8.53. The van der Waals surface area contributed by atoms with Crippen molar-refractivity contribution in [2.75, 3.05) is 5.32 Å². The van der Waals surface area contributed by atoms with Crippen LogP contribution in [0.4, 0.5) is 10.6 Å². The largest absolute Gasteiger partial charge is 0.441 e. The predicted octanol–water partition coefficient (Wildman–Crippen LogP) is 5.68. The summed E-state index contributed by atoms with van der Waals surface area (Å²) in [5.41, 5.74) is 5.15. The number of aromatic nitrogens is 3. The number of aldehydes is 1. The van der Waals surface area contributed by atoms with E-state index < -0.39 is 12.2 Å². The van der Waals surface area contributed by atoms with Crippen LogP contribution < -0.4 is 5.32 Å². The van der Waals surface area contributed by atoms with Crippen molar-refractivity contribution in [2.24, 2.45) is 0 Å². The van der Waals surface area contributed by atoms with Crippen molar-refractivity contribution in [1.29, 1.82) is 0 Å². The van der Waals surface area contributed by atoms with Gasteiger partial charge in [-0.25, -0.2) is 4.79 Å². The first-order valence-corrected chi connectivity index (χ1v) is 11.2. The number of H-pyrrole nitrogens is 1. The number of carbonyl (C=O) groups is 2. The van der Waals surface area contributed by atoms with Crippen LogP contribution in [0.15, 0.2) is 78.9 Å². The van der Waals surface area contributed by atoms with E-state index in [1.54, 1.807) is 0 Å². The fraction of sp³-hybridized carbons (Fsp3) is 0.185. The highest BCUT2D eigenvalue weighted by Gasteiger charge is 2.44. The lowest BCUT2D eigenvalue weighted by molar-refractivity contribution is -0.109. The van der Waals surface area contributed by atoms with Crippen LogP contribution in [-0.4, -0.2) is 27.8 Å². The van der Waals surface area contributed by atoms with Crippen LogP contribution in [-0.2, 0) is 14.9 Å². The minimum atomic E-state index is -0.605. The zero-order chi connectivity index (χ0) is 23.5. The first kappa shape index (κ1) is 21.6. The summed E-state index contributed by atoms with van der Waals surface area (Å²) in [6.07, 6.45) is 1.92. The minimum Gasteiger partial charge on any atom is -0.441 e. The molecule has 34 heavy (non-hydrogen) atoms. The summed E-state index contributed by atoms with van der Waals surface area (Å²) in [7, 11) is 0. The maximum Gasteiger partial charge on any atom is 0.413 e. The maximum absolute atomic E-state index is 12.4. The Morgan fingerprint density at radius 2 is 1.56 bits per heavy atom. The molecule has 170 valence electrons. The van der Waals surface area contributed by atoms with Gasteiger partial charge in [-0.2, -0.15) is 10.3 Å². The van der Waals surface area contributed by atoms with Gasteiger partial charge in [0, 0.05) is 5.56 Å². The number of ether oxygens (including phenoxy) is 1. The number of nitrogens with one attached hydrogen (secondary N) is 2. The summed E-state index contributed by atoms with van der Waals surface area (Å²) >= 11 is 0. The summed E-state index contributed by atoms with van der Waals surface area (Å²) in [4.78, 5) is 23.8. The smallest absolute Gasteiger partial charge is 0.413 e. The molecule has 1 heterocycles. The molecule has 1 fully saturated rings. The van der Waals surface area contributed by atoms with E-state index in [9.17, 15) is 9.59 Å². The van der Waals surface area contributed by atoms with Crippen LogP contribution in [0.1, 0.15) is 37.0 Å². The van der Waals surface area contributed by atoms with Gasteiger partial charge in [-0.3, -0.25) is 5.32 Å². The molecule has 0 saturated heterocycles. The van der Waals surface area contributed by atoms with Gasteiger partial charge in [0.05, 0.1) is 5.41 Å². The SMILES string of the molecule is C[C@@H](OC(=O)Nc1n[nH]nc1-c1ccc(-c2ccc(C3(C=O)CC3)cc2)cc1)c1ccccc1. The molecule has 4 aromatic rings. The minimum absolute atomic E-state index is 0.265. The molecule has 1 amide bonds. The molecule has 1 atom stereocenters. The van der Waals surface area contributed by atoms with Crippen molar-refractivity contribution in [2.45, 2.75) is 31.3 Å². The van der Waals surface area contributed by atoms with Gasteiger partial charge in [0.2, 0.25) is 0 Å². The third kappa shape index (κ3) is 4.32. The molecule has 1 aromatic heterocycles. The average Bonchev–Trinajstić information content (AvgIpc) is 3.56. The summed E-state index contributed by atoms with van der Waals surface area (Å²) in [5, 5.41) is 13.5. The van der Waals surface area contributed by atoms with Gasteiger partial charge in [-0.05, 0) is 42.0 Å². The third-order valence-corrected chi connectivity index (χ3v) is 6.29. The fourth-order valence-electron chi connectivity index (χ4n) is 4.02. The second kappa shape index (κ2) is 8.94. The Kier molecular flexibility index (Phi) is 5.67. The Morgan fingerprint density at radius 3 is 2.18 bits per heavy atom. The molecule has 1 saturated carbocycles. The summed E-state index contributed by atoms with van der Waals surface area (Å²) in [5.74, 6) is 0.297. The predicted molar refractivity (Wildman–Crippen MR) is 129 cm³/mol. The number of hydrogen-bond donors (Lipinski definition) is 2. The van der Waals surface area contributed by atoms with Gasteiger partial charge in [0.15, 0.2) is 5.82 Å². The molecule has 0 spiro atoms. The molecule has 2 N–H and O–H groups in total. The monoisotopic (exact) mass is 452 g/mol. The van der Waals surface area contributed by atoms with Crippen molar-refractivity contribution < 1.29 is 14.3 Å². The lowest BCUT2D eigenvalue weighted by Crippen LogP contribution is -2.16. The van der Waals surface area contributed by atoms with E-state index in [0.29, 0.717) is 11.5 Å². The van der Waals surface area contributed by atoms with Gasteiger partial charge < -0.3 is 9.53 Å². The van der Waals surface area contributed by atoms with E-state index in [-0.39, 0.29) is 5.41 Å². The van der Waals surface area contributed by atoms with Crippen LogP contribution in [0.2, 0.25) is 0 Å². The van der Waals surface area contributed by atoms with Crippen molar-refractivity contribution >= 4 is 18.2 Å². The lowest BCUT2D eigenvalue weighted by atomic mass is 9.94. The molecule has 1 aliphatic carbocycles. The van der Waals surface area contributed by atoms with E-state index in [1.807, 2.05) is 85.8 Å². The number of hydrogen-bond acceptors (Lipinski definition) is 5. The summed E-state index contributed by atoms with van der Waals surface area (Å²) in [6, 6.07) is 25.5. The van der Waals surface area contributed by atoms with Crippen LogP contribution >= 0.6 is 0 Å². The first-order chi connectivity index (χ1) is 16.6. The van der Waals surface area contributed by atoms with Crippen molar-refractivity contribution in [1.82, 2.24) is 15.4 Å². The van der Waals surface area contributed by atoms with Gasteiger partial charge in [-0.15, -0.1) is 5.10 Å². The number of rotatable bonds is 7. The highest BCUT2D eigenvalue weighted by molar-refractivity contribution is 5.88. The Bertz CT molecular complexity index is 1290. The van der Waals surface area contributed by atoms with Crippen molar-refractivity contribution in [3.05, 3.63) is 90.0 Å². The van der Waals surface area contributed by atoms with E-state index in [2.05, 4.69) is 20.7 Å². The molecular weight excluding hydrogens is 428 g/mol. The first-order valence-electron chi connectivity index (χ1n) is 11.2. The van der Waals surface area contributed by atoms with E-state index in [1.165, 1.54) is 0 Å². The molecule has 0 unspecified atom stereocenters. The normalized spacial score (nSPS) is 14.7. The zero-order valence-corrected chi connectivity index (χ0v) is 18.7. The fourth-order valence-corrected chi connectivity index (χ4v) is 4.02. The topological polar surface area (TPSA) is 97.0 Å². The Labute approximate surface area is 197 Å². The second-order valence-corrected chi connectivity index (χ2v) is 8.53. The summed E-state index contributed by atoms with van der Waals surface area (Å²) in [6.45, 7) is 1.81. The number of aromatic amines is 1. The Hall–Kier alpha value is -4.26. The zero-order valence-electron chi connectivity index (χ0n) is 18.7. The molecule has 5 rings (SSSR count). The number of amides is 1. The van der Waals surface area contributed by atoms with E-state index >= 15 is 0 Å². The highest BCUT2D eigenvalue weighted by atomic mass is 16.6. The molecule has 0 radical (unpaired) electrons. The number of carbonyl (C=O) groups excluding carboxylic acids is 2. The molecule has 0 bridgehead atoms. The lowest BCUT2D eigenvalue weighted by Gasteiger charge is -2.13. The van der Waals surface area contributed by atoms with Gasteiger partial charge >= 0.3 is 6.09 Å². The molecule has 1 aliphatic rings. The molecular formula is C27H24N4O3. The molecule has 0 aliphatic heterocycles. The summed E-state index contributed by atoms with van der Waals surface area (Å²) < 4.78 is 5.47. The van der Waals surface area contributed by atoms with Gasteiger partial charge in [0.1, 0.15) is 18.1 Å². The van der Waals surface area contributed by atoms with Gasteiger partial charge in [0.25, 0.3) is 0 Å². The van der Waals surface area contributed by atoms with Crippen LogP contribution in [0.25, 0.3) is 22.4 Å². The number of anilines is 1. The van der Waals surface area contributed by atoms with Crippen molar-refractivity contribution in [3.8, 4) is 22.4 Å². The van der Waals surface area contributed by atoms with Crippen LogP contribution in [0.5, 0.6) is 0 Å². The van der Waals surface area contributed by atoms with Crippen LogP contribution in [0, 0.1) is 0 Å². The molecule has 7 heteroatoms. The highest BCUT2D eigenvalue weighted by Crippen LogP contribution is 2.46. The maximum atomic E-state index is 12.4. The quantitative estimate of drug-likeness (QED) is 0.352. The Balaban J connectivity index is 1.27. The number of benzene rings is 3. The van der Waals surface area contributed by atoms with E-state index in [0.717, 1.165) is 46.9 Å². The molecule has 3 aromatic carbocycles. The average molecular weight is 453 g/mol. The number of nitrogens with zero attached hydrogens (tertiary/aromatic N) is 2. The Morgan fingerprint density at radius 1 is 0.941 bits per heavy atom. The van der Waals surface area contributed by atoms with E-state index in [4.69, 9.17) is 4.74 Å².